The zero-order valence-electron chi connectivity index (χ0n) is 14.2. The number of hydrogen-bond acceptors (Lipinski definition) is 2. The van der Waals surface area contributed by atoms with Gasteiger partial charge < -0.3 is 10.1 Å². The molecule has 0 unspecified atom stereocenters. The summed E-state index contributed by atoms with van der Waals surface area (Å²) in [7, 11) is 0. The summed E-state index contributed by atoms with van der Waals surface area (Å²) in [4.78, 5) is 0.701. The molecule has 0 atom stereocenters. The second-order valence-electron chi connectivity index (χ2n) is 5.88. The maximum atomic E-state index is 5.99. The van der Waals surface area contributed by atoms with Crippen molar-refractivity contribution < 1.29 is 4.74 Å². The molecule has 25 heavy (non-hydrogen) atoms. The van der Waals surface area contributed by atoms with Crippen molar-refractivity contribution in [2.24, 2.45) is 0 Å². The van der Waals surface area contributed by atoms with Crippen LogP contribution in [0.5, 0.6) is 5.75 Å². The molecule has 0 fully saturated rings. The number of hydrogen-bond donors (Lipinski definition) is 1. The first-order valence-electron chi connectivity index (χ1n) is 8.32. The molecule has 126 valence electrons. The summed E-state index contributed by atoms with van der Waals surface area (Å²) in [5.41, 5.74) is 4.55. The van der Waals surface area contributed by atoms with Crippen LogP contribution in [0.2, 0.25) is 0 Å². The van der Waals surface area contributed by atoms with Gasteiger partial charge in [0.2, 0.25) is 0 Å². The third kappa shape index (κ3) is 4.68. The molecule has 2 nitrogen and oxygen atoms in total. The van der Waals surface area contributed by atoms with Gasteiger partial charge in [-0.25, -0.2) is 0 Å². The van der Waals surface area contributed by atoms with Crippen molar-refractivity contribution >= 4 is 17.2 Å². The number of nitrogens with one attached hydrogen (secondary N) is 1. The summed E-state index contributed by atoms with van der Waals surface area (Å²) in [5.74, 6) is 0.800. The summed E-state index contributed by atoms with van der Waals surface area (Å²) in [5, 5.41) is 3.35. The molecule has 0 amide bonds. The van der Waals surface area contributed by atoms with Crippen molar-refractivity contribution in [1.29, 1.82) is 0 Å². The van der Waals surface area contributed by atoms with Crippen LogP contribution in [0.3, 0.4) is 0 Å². The highest BCUT2D eigenvalue weighted by Crippen LogP contribution is 2.20. The van der Waals surface area contributed by atoms with E-state index in [1.54, 1.807) is 0 Å². The lowest BCUT2D eigenvalue weighted by atomic mass is 10.1. The molecule has 0 aliphatic heterocycles. The van der Waals surface area contributed by atoms with Crippen LogP contribution in [0, 0.1) is 6.92 Å². The quantitative estimate of drug-likeness (QED) is 0.631. The van der Waals surface area contributed by atoms with E-state index < -0.39 is 0 Å². The molecule has 3 rings (SSSR count). The highest BCUT2D eigenvalue weighted by Gasteiger charge is 2.09. The molecule has 3 aromatic rings. The molecule has 0 radical (unpaired) electrons. The number of aryl methyl sites for hydroxylation is 1. The molecule has 0 aliphatic carbocycles. The highest BCUT2D eigenvalue weighted by molar-refractivity contribution is 7.80. The van der Waals surface area contributed by atoms with E-state index in [-0.39, 0.29) is 0 Å². The second-order valence-corrected chi connectivity index (χ2v) is 6.29. The molecule has 0 aliphatic rings. The first kappa shape index (κ1) is 17.2. The molecule has 0 saturated heterocycles. The van der Waals surface area contributed by atoms with Crippen LogP contribution < -0.4 is 10.1 Å². The van der Waals surface area contributed by atoms with Gasteiger partial charge >= 0.3 is 0 Å². The van der Waals surface area contributed by atoms with Crippen molar-refractivity contribution in [3.63, 3.8) is 0 Å². The molecule has 0 heterocycles. The van der Waals surface area contributed by atoms with Gasteiger partial charge in [-0.05, 0) is 35.7 Å². The van der Waals surface area contributed by atoms with Gasteiger partial charge in [0.15, 0.2) is 0 Å². The molecule has 0 aromatic heterocycles. The van der Waals surface area contributed by atoms with Crippen LogP contribution in [0.25, 0.3) is 0 Å². The Kier molecular flexibility index (Phi) is 5.81. The van der Waals surface area contributed by atoms with Crippen LogP contribution >= 0.6 is 12.2 Å². The van der Waals surface area contributed by atoms with Gasteiger partial charge in [-0.3, -0.25) is 0 Å². The number of para-hydroxylation sites is 1. The van der Waals surface area contributed by atoms with Crippen LogP contribution in [0.1, 0.15) is 22.3 Å². The van der Waals surface area contributed by atoms with Gasteiger partial charge in [-0.15, -0.1) is 0 Å². The van der Waals surface area contributed by atoms with E-state index in [1.807, 2.05) is 54.6 Å². The molecule has 0 saturated carbocycles. The number of ether oxygens (including phenoxy) is 1. The fourth-order valence-electron chi connectivity index (χ4n) is 2.59. The van der Waals surface area contributed by atoms with Crippen molar-refractivity contribution in [2.75, 3.05) is 0 Å². The summed E-state index contributed by atoms with van der Waals surface area (Å²) < 4.78 is 5.99. The number of benzene rings is 3. The standard InChI is InChI=1S/C22H21NOS/c1-17-9-5-6-12-19(17)15-23-22(25)20-13-7-8-14-21(20)24-16-18-10-3-2-4-11-18/h2-14H,15-16H2,1H3,(H,23,25). The van der Waals surface area contributed by atoms with Gasteiger partial charge in [0.05, 0.1) is 5.56 Å². The van der Waals surface area contributed by atoms with E-state index in [2.05, 4.69) is 36.5 Å². The Balaban J connectivity index is 1.67. The Morgan fingerprint density at radius 1 is 0.880 bits per heavy atom. The summed E-state index contributed by atoms with van der Waals surface area (Å²) in [6.45, 7) is 3.34. The maximum absolute atomic E-state index is 5.99. The molecule has 0 bridgehead atoms. The average molecular weight is 347 g/mol. The first-order chi connectivity index (χ1) is 12.2. The lowest BCUT2D eigenvalue weighted by molar-refractivity contribution is 0.305. The summed E-state index contributed by atoms with van der Waals surface area (Å²) in [6, 6.07) is 26.3. The van der Waals surface area contributed by atoms with Crippen LogP contribution in [0.15, 0.2) is 78.9 Å². The highest BCUT2D eigenvalue weighted by atomic mass is 32.1. The lowest BCUT2D eigenvalue weighted by Crippen LogP contribution is -2.22. The predicted octanol–water partition coefficient (Wildman–Crippen LogP) is 5.04. The minimum atomic E-state index is 0.526. The van der Waals surface area contributed by atoms with Crippen LogP contribution in [-0.4, -0.2) is 4.99 Å². The average Bonchev–Trinajstić information content (AvgIpc) is 2.66. The van der Waals surface area contributed by atoms with Gasteiger partial charge in [0.1, 0.15) is 17.3 Å². The number of rotatable bonds is 6. The van der Waals surface area contributed by atoms with Crippen LogP contribution in [-0.2, 0) is 13.2 Å². The largest absolute Gasteiger partial charge is 0.488 e. The number of thiocarbonyl (C=S) groups is 1. The maximum Gasteiger partial charge on any atom is 0.129 e. The Morgan fingerprint density at radius 3 is 2.36 bits per heavy atom. The summed E-state index contributed by atoms with van der Waals surface area (Å²) in [6.07, 6.45) is 0. The zero-order valence-corrected chi connectivity index (χ0v) is 15.1. The minimum Gasteiger partial charge on any atom is -0.488 e. The van der Waals surface area contributed by atoms with Crippen molar-refractivity contribution in [1.82, 2.24) is 5.32 Å². The SMILES string of the molecule is Cc1ccccc1CNC(=S)c1ccccc1OCc1ccccc1. The third-order valence-corrected chi connectivity index (χ3v) is 4.43. The third-order valence-electron chi connectivity index (χ3n) is 4.07. The monoisotopic (exact) mass is 347 g/mol. The Morgan fingerprint density at radius 2 is 1.56 bits per heavy atom. The Labute approximate surface area is 154 Å². The van der Waals surface area contributed by atoms with Gasteiger partial charge in [0, 0.05) is 6.54 Å². The zero-order chi connectivity index (χ0) is 17.5. The van der Waals surface area contributed by atoms with E-state index >= 15 is 0 Å². The van der Waals surface area contributed by atoms with E-state index in [0.717, 1.165) is 16.9 Å². The van der Waals surface area contributed by atoms with Crippen molar-refractivity contribution in [2.45, 2.75) is 20.1 Å². The molecule has 0 spiro atoms. The topological polar surface area (TPSA) is 21.3 Å². The normalized spacial score (nSPS) is 10.3. The smallest absolute Gasteiger partial charge is 0.129 e. The van der Waals surface area contributed by atoms with Crippen LogP contribution in [0.4, 0.5) is 0 Å². The van der Waals surface area contributed by atoms with E-state index in [4.69, 9.17) is 17.0 Å². The first-order valence-corrected chi connectivity index (χ1v) is 8.73. The van der Waals surface area contributed by atoms with E-state index in [9.17, 15) is 0 Å². The molecule has 3 heteroatoms. The van der Waals surface area contributed by atoms with E-state index in [1.165, 1.54) is 11.1 Å². The molecule has 1 N–H and O–H groups in total. The molecular formula is C22H21NOS. The molecular weight excluding hydrogens is 326 g/mol. The molecule has 3 aromatic carbocycles. The fraction of sp³-hybridized carbons (Fsp3) is 0.136. The van der Waals surface area contributed by atoms with Crippen molar-refractivity contribution in [3.05, 3.63) is 101 Å². The summed E-state index contributed by atoms with van der Waals surface area (Å²) >= 11 is 5.59. The Hall–Kier alpha value is -2.65. The minimum absolute atomic E-state index is 0.526. The lowest BCUT2D eigenvalue weighted by Gasteiger charge is -2.14. The predicted molar refractivity (Wildman–Crippen MR) is 107 cm³/mol. The van der Waals surface area contributed by atoms with Gasteiger partial charge in [-0.1, -0.05) is 78.9 Å². The second kappa shape index (κ2) is 8.45. The fourth-order valence-corrected chi connectivity index (χ4v) is 2.84. The van der Waals surface area contributed by atoms with Gasteiger partial charge in [-0.2, -0.15) is 0 Å². The van der Waals surface area contributed by atoms with E-state index in [0.29, 0.717) is 18.1 Å². The van der Waals surface area contributed by atoms with Gasteiger partial charge in [0.25, 0.3) is 0 Å². The van der Waals surface area contributed by atoms with Crippen molar-refractivity contribution in [3.8, 4) is 5.75 Å². The Bertz CT molecular complexity index is 845.